The molecule has 0 unspecified atom stereocenters. The standard InChI is InChI=1S/C16H11F3N2O3/c17-16(18,19)24-13-4-5-14-10(9-13)6-7-20-15(14)11-2-1-3-12(8-11)21(22)23/h1-5,8-9H,6-7H2. The van der Waals surface area contributed by atoms with Gasteiger partial charge < -0.3 is 4.74 Å². The Hall–Kier alpha value is -2.90. The number of nitro benzene ring substituents is 1. The van der Waals surface area contributed by atoms with E-state index in [2.05, 4.69) is 9.73 Å². The van der Waals surface area contributed by atoms with Crippen LogP contribution in [0.15, 0.2) is 47.5 Å². The van der Waals surface area contributed by atoms with E-state index in [1.165, 1.54) is 30.3 Å². The molecule has 2 aromatic rings. The number of hydrogen-bond donors (Lipinski definition) is 0. The molecule has 0 amide bonds. The summed E-state index contributed by atoms with van der Waals surface area (Å²) >= 11 is 0. The average molecular weight is 336 g/mol. The van der Waals surface area contributed by atoms with E-state index in [0.29, 0.717) is 35.4 Å². The largest absolute Gasteiger partial charge is 0.573 e. The fourth-order valence-electron chi connectivity index (χ4n) is 2.59. The maximum atomic E-state index is 12.3. The van der Waals surface area contributed by atoms with Crippen LogP contribution in [0, 0.1) is 10.1 Å². The summed E-state index contributed by atoms with van der Waals surface area (Å²) in [5.74, 6) is -0.290. The molecule has 1 aliphatic heterocycles. The number of hydrogen-bond acceptors (Lipinski definition) is 4. The second-order valence-corrected chi connectivity index (χ2v) is 5.15. The Kier molecular flexibility index (Phi) is 3.96. The molecule has 0 fully saturated rings. The maximum absolute atomic E-state index is 12.3. The monoisotopic (exact) mass is 336 g/mol. The molecule has 24 heavy (non-hydrogen) atoms. The van der Waals surface area contributed by atoms with Crippen molar-refractivity contribution in [3.63, 3.8) is 0 Å². The number of alkyl halides is 3. The minimum atomic E-state index is -4.75. The number of rotatable bonds is 3. The van der Waals surface area contributed by atoms with Crippen molar-refractivity contribution in [1.29, 1.82) is 0 Å². The van der Waals surface area contributed by atoms with Gasteiger partial charge in [-0.15, -0.1) is 13.2 Å². The van der Waals surface area contributed by atoms with E-state index >= 15 is 0 Å². The molecule has 0 aromatic heterocycles. The van der Waals surface area contributed by atoms with Crippen LogP contribution in [0.4, 0.5) is 18.9 Å². The van der Waals surface area contributed by atoms with Crippen LogP contribution in [0.3, 0.4) is 0 Å². The third-order valence-electron chi connectivity index (χ3n) is 3.55. The lowest BCUT2D eigenvalue weighted by molar-refractivity contribution is -0.384. The molecule has 0 saturated heterocycles. The van der Waals surface area contributed by atoms with E-state index in [-0.39, 0.29) is 11.4 Å². The van der Waals surface area contributed by atoms with Gasteiger partial charge in [0.2, 0.25) is 0 Å². The van der Waals surface area contributed by atoms with Crippen LogP contribution < -0.4 is 4.74 Å². The lowest BCUT2D eigenvalue weighted by atomic mass is 9.93. The summed E-state index contributed by atoms with van der Waals surface area (Å²) < 4.78 is 40.9. The summed E-state index contributed by atoms with van der Waals surface area (Å²) in [5.41, 5.74) is 2.32. The summed E-state index contributed by atoms with van der Waals surface area (Å²) in [7, 11) is 0. The van der Waals surface area contributed by atoms with Crippen LogP contribution in [0.25, 0.3) is 0 Å². The third kappa shape index (κ3) is 3.37. The molecule has 2 aromatic carbocycles. The van der Waals surface area contributed by atoms with Crippen molar-refractivity contribution < 1.29 is 22.8 Å². The molecule has 0 spiro atoms. The molecule has 124 valence electrons. The second-order valence-electron chi connectivity index (χ2n) is 5.15. The van der Waals surface area contributed by atoms with Gasteiger partial charge >= 0.3 is 6.36 Å². The Balaban J connectivity index is 1.98. The number of nitro groups is 1. The van der Waals surface area contributed by atoms with Crippen LogP contribution in [0.2, 0.25) is 0 Å². The van der Waals surface area contributed by atoms with Crippen LogP contribution in [0.1, 0.15) is 16.7 Å². The van der Waals surface area contributed by atoms with Gasteiger partial charge in [0.05, 0.1) is 10.6 Å². The van der Waals surface area contributed by atoms with Gasteiger partial charge in [-0.1, -0.05) is 12.1 Å². The molecule has 1 aliphatic rings. The topological polar surface area (TPSA) is 64.7 Å². The number of ether oxygens (including phenoxy) is 1. The quantitative estimate of drug-likeness (QED) is 0.631. The summed E-state index contributed by atoms with van der Waals surface area (Å²) in [6.07, 6.45) is -4.28. The Morgan fingerprint density at radius 2 is 1.96 bits per heavy atom. The molecule has 0 bridgehead atoms. The summed E-state index contributed by atoms with van der Waals surface area (Å²) in [5, 5.41) is 10.9. The second kappa shape index (κ2) is 5.95. The van der Waals surface area contributed by atoms with Crippen molar-refractivity contribution in [2.75, 3.05) is 6.54 Å². The molecule has 0 N–H and O–H groups in total. The lowest BCUT2D eigenvalue weighted by Crippen LogP contribution is -2.19. The van der Waals surface area contributed by atoms with Crippen LogP contribution in [0.5, 0.6) is 5.75 Å². The first kappa shape index (κ1) is 16.0. The van der Waals surface area contributed by atoms with Gasteiger partial charge in [0, 0.05) is 29.8 Å². The molecule has 0 saturated carbocycles. The zero-order valence-electron chi connectivity index (χ0n) is 12.2. The average Bonchev–Trinajstić information content (AvgIpc) is 2.52. The van der Waals surface area contributed by atoms with Crippen molar-refractivity contribution >= 4 is 11.4 Å². The molecule has 5 nitrogen and oxygen atoms in total. The molecular formula is C16H11F3N2O3. The molecule has 3 rings (SSSR count). The maximum Gasteiger partial charge on any atom is 0.573 e. The predicted octanol–water partition coefficient (Wildman–Crippen LogP) is 3.89. The van der Waals surface area contributed by atoms with Crippen molar-refractivity contribution in [2.24, 2.45) is 4.99 Å². The molecule has 1 heterocycles. The van der Waals surface area contributed by atoms with E-state index in [4.69, 9.17) is 0 Å². The molecular weight excluding hydrogens is 325 g/mol. The first-order chi connectivity index (χ1) is 11.3. The molecule has 0 radical (unpaired) electrons. The van der Waals surface area contributed by atoms with Gasteiger partial charge in [0.15, 0.2) is 0 Å². The van der Waals surface area contributed by atoms with Crippen molar-refractivity contribution in [2.45, 2.75) is 12.8 Å². The summed E-state index contributed by atoms with van der Waals surface area (Å²) in [4.78, 5) is 14.8. The fourth-order valence-corrected chi connectivity index (χ4v) is 2.59. The SMILES string of the molecule is O=[N+]([O-])c1cccc(C2=NCCc3cc(OC(F)(F)F)ccc32)c1. The van der Waals surface area contributed by atoms with Gasteiger partial charge in [0.25, 0.3) is 5.69 Å². The number of halogens is 3. The van der Waals surface area contributed by atoms with Crippen LogP contribution >= 0.6 is 0 Å². The van der Waals surface area contributed by atoms with Crippen molar-refractivity contribution in [1.82, 2.24) is 0 Å². The van der Waals surface area contributed by atoms with Gasteiger partial charge in [-0.05, 0) is 30.2 Å². The van der Waals surface area contributed by atoms with Crippen LogP contribution in [-0.2, 0) is 6.42 Å². The summed E-state index contributed by atoms with van der Waals surface area (Å²) in [6.45, 7) is 0.389. The predicted molar refractivity (Wildman–Crippen MR) is 80.4 cm³/mol. The fraction of sp³-hybridized carbons (Fsp3) is 0.188. The summed E-state index contributed by atoms with van der Waals surface area (Å²) in [6, 6.07) is 10.0. The minimum absolute atomic E-state index is 0.0700. The zero-order chi connectivity index (χ0) is 17.3. The van der Waals surface area contributed by atoms with Gasteiger partial charge in [-0.2, -0.15) is 0 Å². The normalized spacial score (nSPS) is 13.9. The first-order valence-electron chi connectivity index (χ1n) is 7.02. The number of benzene rings is 2. The van der Waals surface area contributed by atoms with Gasteiger partial charge in [-0.25, -0.2) is 0 Å². The van der Waals surface area contributed by atoms with E-state index in [1.54, 1.807) is 12.1 Å². The first-order valence-corrected chi connectivity index (χ1v) is 7.02. The zero-order valence-corrected chi connectivity index (χ0v) is 12.2. The number of aliphatic imine (C=N–C) groups is 1. The lowest BCUT2D eigenvalue weighted by Gasteiger charge is -2.18. The Labute approximate surface area is 134 Å². The Bertz CT molecular complexity index is 832. The minimum Gasteiger partial charge on any atom is -0.406 e. The highest BCUT2D eigenvalue weighted by atomic mass is 19.4. The smallest absolute Gasteiger partial charge is 0.406 e. The number of nitrogens with zero attached hydrogens (tertiary/aromatic N) is 2. The van der Waals surface area contributed by atoms with Crippen molar-refractivity contribution in [3.8, 4) is 5.75 Å². The number of non-ortho nitro benzene ring substituents is 1. The van der Waals surface area contributed by atoms with Gasteiger partial charge in [0.1, 0.15) is 5.75 Å². The third-order valence-corrected chi connectivity index (χ3v) is 3.55. The highest BCUT2D eigenvalue weighted by molar-refractivity contribution is 6.14. The number of fused-ring (bicyclic) bond motifs is 1. The van der Waals surface area contributed by atoms with E-state index in [1.807, 2.05) is 0 Å². The molecule has 8 heteroatoms. The highest BCUT2D eigenvalue weighted by Crippen LogP contribution is 2.29. The van der Waals surface area contributed by atoms with E-state index in [0.717, 1.165) is 0 Å². The van der Waals surface area contributed by atoms with Crippen LogP contribution in [-0.4, -0.2) is 23.5 Å². The van der Waals surface area contributed by atoms with E-state index < -0.39 is 11.3 Å². The molecule has 0 aliphatic carbocycles. The molecule has 0 atom stereocenters. The van der Waals surface area contributed by atoms with Gasteiger partial charge in [-0.3, -0.25) is 15.1 Å². The highest BCUT2D eigenvalue weighted by Gasteiger charge is 2.31. The Morgan fingerprint density at radius 3 is 2.67 bits per heavy atom. The Morgan fingerprint density at radius 1 is 1.17 bits per heavy atom. The van der Waals surface area contributed by atoms with Crippen molar-refractivity contribution in [3.05, 3.63) is 69.3 Å². The van der Waals surface area contributed by atoms with E-state index in [9.17, 15) is 23.3 Å².